The van der Waals surface area contributed by atoms with Gasteiger partial charge in [0.25, 0.3) is 0 Å². The lowest BCUT2D eigenvalue weighted by Gasteiger charge is -1.96. The molecule has 0 amide bonds. The van der Waals surface area contributed by atoms with Crippen molar-refractivity contribution in [3.8, 4) is 9.88 Å². The van der Waals surface area contributed by atoms with Gasteiger partial charge in [-0.25, -0.2) is 4.98 Å². The van der Waals surface area contributed by atoms with Crippen LogP contribution >= 0.6 is 38.6 Å². The molecule has 2 aromatic rings. The number of thiophene rings is 1. The first kappa shape index (κ1) is 10.9. The van der Waals surface area contributed by atoms with Gasteiger partial charge in [-0.3, -0.25) is 0 Å². The Morgan fingerprint density at radius 3 is 3.06 bits per heavy atom. The standard InChI is InChI=1S/C11H11BrN2S2/c12-7-3-10(15-6-7)11-14-5-9(16-11)4-13-8-1-2-8/h3,5-6,8,13H,1-2,4H2. The molecule has 5 heteroatoms. The van der Waals surface area contributed by atoms with E-state index in [2.05, 4.69) is 37.7 Å². The summed E-state index contributed by atoms with van der Waals surface area (Å²) < 4.78 is 1.14. The average molecular weight is 315 g/mol. The molecule has 1 fully saturated rings. The fourth-order valence-corrected chi connectivity index (χ4v) is 3.82. The molecule has 0 atom stereocenters. The number of hydrogen-bond donors (Lipinski definition) is 1. The first-order valence-electron chi connectivity index (χ1n) is 5.24. The van der Waals surface area contributed by atoms with E-state index in [0.29, 0.717) is 0 Å². The highest BCUT2D eigenvalue weighted by Gasteiger charge is 2.20. The van der Waals surface area contributed by atoms with E-state index in [-0.39, 0.29) is 0 Å². The highest BCUT2D eigenvalue weighted by atomic mass is 79.9. The predicted octanol–water partition coefficient (Wildman–Crippen LogP) is 3.89. The number of nitrogens with one attached hydrogen (secondary N) is 1. The van der Waals surface area contributed by atoms with Gasteiger partial charge in [-0.05, 0) is 34.8 Å². The van der Waals surface area contributed by atoms with Crippen LogP contribution in [0.3, 0.4) is 0 Å². The van der Waals surface area contributed by atoms with Gasteiger partial charge in [-0.15, -0.1) is 22.7 Å². The van der Waals surface area contributed by atoms with Crippen molar-refractivity contribution in [3.63, 3.8) is 0 Å². The molecule has 2 nitrogen and oxygen atoms in total. The second-order valence-corrected chi connectivity index (χ2v) is 6.86. The Kier molecular flexibility index (Phi) is 3.11. The van der Waals surface area contributed by atoms with Gasteiger partial charge >= 0.3 is 0 Å². The highest BCUT2D eigenvalue weighted by Crippen LogP contribution is 2.32. The number of aromatic nitrogens is 1. The van der Waals surface area contributed by atoms with Gasteiger partial charge in [0.05, 0.1) is 4.88 Å². The average Bonchev–Trinajstić information content (AvgIpc) is 2.81. The SMILES string of the molecule is Brc1csc(-c2ncc(CNC3CC3)s2)c1. The summed E-state index contributed by atoms with van der Waals surface area (Å²) in [6.45, 7) is 0.967. The minimum absolute atomic E-state index is 0.765. The van der Waals surface area contributed by atoms with Crippen molar-refractivity contribution in [2.24, 2.45) is 0 Å². The minimum atomic E-state index is 0.765. The van der Waals surface area contributed by atoms with E-state index >= 15 is 0 Å². The van der Waals surface area contributed by atoms with E-state index < -0.39 is 0 Å². The van der Waals surface area contributed by atoms with Crippen LogP contribution in [-0.4, -0.2) is 11.0 Å². The molecule has 0 bridgehead atoms. The van der Waals surface area contributed by atoms with Crippen LogP contribution in [-0.2, 0) is 6.54 Å². The summed E-state index contributed by atoms with van der Waals surface area (Å²) in [5.41, 5.74) is 0. The fraction of sp³-hybridized carbons (Fsp3) is 0.364. The largest absolute Gasteiger partial charge is 0.309 e. The highest BCUT2D eigenvalue weighted by molar-refractivity contribution is 9.10. The van der Waals surface area contributed by atoms with Crippen molar-refractivity contribution in [1.29, 1.82) is 0 Å². The molecule has 84 valence electrons. The molecule has 0 saturated heterocycles. The molecular formula is C11H11BrN2S2. The van der Waals surface area contributed by atoms with Crippen molar-refractivity contribution < 1.29 is 0 Å². The van der Waals surface area contributed by atoms with Crippen LogP contribution < -0.4 is 5.32 Å². The maximum Gasteiger partial charge on any atom is 0.133 e. The zero-order valence-electron chi connectivity index (χ0n) is 8.57. The van der Waals surface area contributed by atoms with Crippen LogP contribution in [0, 0.1) is 0 Å². The summed E-state index contributed by atoms with van der Waals surface area (Å²) in [5, 5.41) is 6.73. The van der Waals surface area contributed by atoms with Crippen LogP contribution in [0.4, 0.5) is 0 Å². The molecule has 0 aromatic carbocycles. The fourth-order valence-electron chi connectivity index (χ4n) is 1.46. The van der Waals surface area contributed by atoms with E-state index in [1.54, 1.807) is 22.7 Å². The lowest BCUT2D eigenvalue weighted by atomic mass is 10.5. The predicted molar refractivity (Wildman–Crippen MR) is 73.0 cm³/mol. The normalized spacial score (nSPS) is 15.6. The summed E-state index contributed by atoms with van der Waals surface area (Å²) in [6.07, 6.45) is 4.66. The molecule has 1 aliphatic rings. The molecule has 1 saturated carbocycles. The molecular weight excluding hydrogens is 304 g/mol. The first-order chi connectivity index (χ1) is 7.81. The number of halogens is 1. The summed E-state index contributed by atoms with van der Waals surface area (Å²) in [4.78, 5) is 7.04. The Hall–Kier alpha value is -0.230. The van der Waals surface area contributed by atoms with Crippen LogP contribution in [0.25, 0.3) is 9.88 Å². The van der Waals surface area contributed by atoms with E-state index in [1.165, 1.54) is 22.6 Å². The summed E-state index contributed by atoms with van der Waals surface area (Å²) in [5.74, 6) is 0. The molecule has 3 rings (SSSR count). The van der Waals surface area contributed by atoms with Crippen molar-refractivity contribution in [1.82, 2.24) is 10.3 Å². The maximum absolute atomic E-state index is 4.47. The first-order valence-corrected chi connectivity index (χ1v) is 7.72. The summed E-state index contributed by atoms with van der Waals surface area (Å²) >= 11 is 6.99. The third-order valence-electron chi connectivity index (χ3n) is 2.47. The molecule has 0 unspecified atom stereocenters. The molecule has 16 heavy (non-hydrogen) atoms. The van der Waals surface area contributed by atoms with E-state index in [9.17, 15) is 0 Å². The molecule has 0 aliphatic heterocycles. The van der Waals surface area contributed by atoms with Crippen molar-refractivity contribution >= 4 is 38.6 Å². The van der Waals surface area contributed by atoms with Crippen LogP contribution in [0.1, 0.15) is 17.7 Å². The Bertz CT molecular complexity index is 488. The van der Waals surface area contributed by atoms with Gasteiger partial charge in [0.2, 0.25) is 0 Å². The van der Waals surface area contributed by atoms with Crippen LogP contribution in [0.15, 0.2) is 22.1 Å². The maximum atomic E-state index is 4.47. The number of hydrogen-bond acceptors (Lipinski definition) is 4. The third-order valence-corrected chi connectivity index (χ3v) is 5.33. The zero-order valence-corrected chi connectivity index (χ0v) is 11.8. The monoisotopic (exact) mass is 314 g/mol. The summed E-state index contributed by atoms with van der Waals surface area (Å²) in [6, 6.07) is 2.89. The smallest absolute Gasteiger partial charge is 0.133 e. The third kappa shape index (κ3) is 2.53. The van der Waals surface area contributed by atoms with E-state index in [0.717, 1.165) is 22.1 Å². The van der Waals surface area contributed by atoms with Crippen molar-refractivity contribution in [2.75, 3.05) is 0 Å². The van der Waals surface area contributed by atoms with Gasteiger partial charge in [0.15, 0.2) is 0 Å². The van der Waals surface area contributed by atoms with Gasteiger partial charge in [0, 0.05) is 33.5 Å². The molecule has 0 radical (unpaired) electrons. The van der Waals surface area contributed by atoms with Gasteiger partial charge in [-0.2, -0.15) is 0 Å². The quantitative estimate of drug-likeness (QED) is 0.926. The Labute approximate surface area is 111 Å². The second kappa shape index (κ2) is 4.56. The van der Waals surface area contributed by atoms with Gasteiger partial charge in [-0.1, -0.05) is 0 Å². The Balaban J connectivity index is 1.71. The molecule has 2 aromatic heterocycles. The van der Waals surface area contributed by atoms with E-state index in [1.807, 2.05) is 6.20 Å². The molecule has 1 aliphatic carbocycles. The minimum Gasteiger partial charge on any atom is -0.309 e. The topological polar surface area (TPSA) is 24.9 Å². The molecule has 2 heterocycles. The number of thiazole rings is 1. The van der Waals surface area contributed by atoms with Crippen molar-refractivity contribution in [2.45, 2.75) is 25.4 Å². The molecule has 0 spiro atoms. The Morgan fingerprint density at radius 1 is 1.50 bits per heavy atom. The van der Waals surface area contributed by atoms with Crippen LogP contribution in [0.2, 0.25) is 0 Å². The lowest BCUT2D eigenvalue weighted by molar-refractivity contribution is 0.694. The van der Waals surface area contributed by atoms with Crippen LogP contribution in [0.5, 0.6) is 0 Å². The van der Waals surface area contributed by atoms with Gasteiger partial charge in [0.1, 0.15) is 5.01 Å². The van der Waals surface area contributed by atoms with E-state index in [4.69, 9.17) is 0 Å². The molecule has 1 N–H and O–H groups in total. The van der Waals surface area contributed by atoms with Gasteiger partial charge < -0.3 is 5.32 Å². The number of nitrogens with zero attached hydrogens (tertiary/aromatic N) is 1. The number of rotatable bonds is 4. The van der Waals surface area contributed by atoms with Crippen molar-refractivity contribution in [3.05, 3.63) is 27.0 Å². The zero-order chi connectivity index (χ0) is 11.0. The Morgan fingerprint density at radius 2 is 2.38 bits per heavy atom. The second-order valence-electron chi connectivity index (χ2n) is 3.92. The summed E-state index contributed by atoms with van der Waals surface area (Å²) in [7, 11) is 0. The lowest BCUT2D eigenvalue weighted by Crippen LogP contribution is -2.14.